The van der Waals surface area contributed by atoms with E-state index in [0.717, 1.165) is 11.4 Å². The number of carbonyl (C=O) groups is 1. The normalized spacial score (nSPS) is 12.5. The molecule has 0 saturated carbocycles. The molecule has 1 rings (SSSR count). The zero-order valence-corrected chi connectivity index (χ0v) is 9.13. The molecule has 2 N–H and O–H groups in total. The van der Waals surface area contributed by atoms with Gasteiger partial charge in [0.1, 0.15) is 5.01 Å². The van der Waals surface area contributed by atoms with Crippen LogP contribution >= 0.6 is 11.3 Å². The van der Waals surface area contributed by atoms with Crippen molar-refractivity contribution in [2.45, 2.75) is 26.3 Å². The predicted octanol–water partition coefficient (Wildman–Crippen LogP) is 1.73. The maximum absolute atomic E-state index is 11.3. The molecule has 78 valence electrons. The summed E-state index contributed by atoms with van der Waals surface area (Å²) >= 11 is 1.40. The molecule has 1 heterocycles. The average Bonchev–Trinajstić information content (AvgIpc) is 2.66. The van der Waals surface area contributed by atoms with Crippen molar-refractivity contribution in [3.8, 4) is 0 Å². The largest absolute Gasteiger partial charge is 0.461 e. The second kappa shape index (κ2) is 5.07. The molecule has 0 unspecified atom stereocenters. The van der Waals surface area contributed by atoms with Crippen LogP contribution in [0.3, 0.4) is 0 Å². The summed E-state index contributed by atoms with van der Waals surface area (Å²) in [5.74, 6) is -0.377. The maximum atomic E-state index is 11.3. The topological polar surface area (TPSA) is 65.2 Å². The molecule has 4 nitrogen and oxygen atoms in total. The lowest BCUT2D eigenvalue weighted by Crippen LogP contribution is -2.10. The van der Waals surface area contributed by atoms with Crippen LogP contribution in [0.1, 0.15) is 41.8 Å². The number of esters is 1. The predicted molar refractivity (Wildman–Crippen MR) is 55.3 cm³/mol. The molecule has 0 saturated heterocycles. The summed E-state index contributed by atoms with van der Waals surface area (Å²) < 4.78 is 4.82. The fraction of sp³-hybridized carbons (Fsp3) is 0.556. The molecule has 5 heteroatoms. The quantitative estimate of drug-likeness (QED) is 0.775. The van der Waals surface area contributed by atoms with Crippen molar-refractivity contribution < 1.29 is 9.53 Å². The highest BCUT2D eigenvalue weighted by Gasteiger charge is 2.14. The van der Waals surface area contributed by atoms with Crippen LogP contribution in [-0.2, 0) is 4.74 Å². The molecule has 0 aliphatic carbocycles. The summed E-state index contributed by atoms with van der Waals surface area (Å²) in [7, 11) is 0. The number of hydrogen-bond donors (Lipinski definition) is 1. The molecular weight excluding hydrogens is 200 g/mol. The molecule has 0 aliphatic rings. The Morgan fingerprint density at radius 3 is 3.00 bits per heavy atom. The number of ether oxygens (including phenoxy) is 1. The van der Waals surface area contributed by atoms with Crippen molar-refractivity contribution in [3.05, 3.63) is 16.1 Å². The van der Waals surface area contributed by atoms with E-state index in [1.54, 1.807) is 12.3 Å². The average molecular weight is 214 g/mol. The number of carbonyl (C=O) groups excluding carboxylic acids is 1. The van der Waals surface area contributed by atoms with Crippen molar-refractivity contribution >= 4 is 17.3 Å². The highest BCUT2D eigenvalue weighted by atomic mass is 32.1. The second-order valence-electron chi connectivity index (χ2n) is 2.81. The first-order valence-electron chi connectivity index (χ1n) is 4.57. The molecule has 0 amide bonds. The highest BCUT2D eigenvalue weighted by Crippen LogP contribution is 2.18. The molecule has 0 spiro atoms. The van der Waals surface area contributed by atoms with Gasteiger partial charge in [-0.1, -0.05) is 6.92 Å². The van der Waals surface area contributed by atoms with Gasteiger partial charge < -0.3 is 10.5 Å². The highest BCUT2D eigenvalue weighted by molar-refractivity contribution is 7.09. The minimum atomic E-state index is -0.377. The van der Waals surface area contributed by atoms with Gasteiger partial charge in [-0.15, -0.1) is 11.3 Å². The van der Waals surface area contributed by atoms with Gasteiger partial charge in [-0.25, -0.2) is 9.78 Å². The van der Waals surface area contributed by atoms with Crippen LogP contribution in [0.25, 0.3) is 0 Å². The third kappa shape index (κ3) is 2.52. The second-order valence-corrected chi connectivity index (χ2v) is 3.70. The van der Waals surface area contributed by atoms with Gasteiger partial charge in [-0.3, -0.25) is 0 Å². The first-order chi connectivity index (χ1) is 6.69. The molecule has 0 fully saturated rings. The Bertz CT molecular complexity index is 312. The van der Waals surface area contributed by atoms with Crippen LogP contribution in [0.2, 0.25) is 0 Å². The van der Waals surface area contributed by atoms with Gasteiger partial charge in [0.05, 0.1) is 12.6 Å². The third-order valence-electron chi connectivity index (χ3n) is 1.76. The standard InChI is InChI=1S/C9H14N2O2S/c1-3-6(10)8-11-7(5-14-8)9(12)13-4-2/h5-6H,3-4,10H2,1-2H3/t6-/m0/s1. The Morgan fingerprint density at radius 2 is 2.43 bits per heavy atom. The van der Waals surface area contributed by atoms with Crippen LogP contribution in [0, 0.1) is 0 Å². The molecular formula is C9H14N2O2S. The number of rotatable bonds is 4. The molecule has 0 radical (unpaired) electrons. The lowest BCUT2D eigenvalue weighted by molar-refractivity contribution is 0.0520. The maximum Gasteiger partial charge on any atom is 0.357 e. The van der Waals surface area contributed by atoms with Gasteiger partial charge in [0, 0.05) is 5.38 Å². The van der Waals surface area contributed by atoms with Gasteiger partial charge in [0.15, 0.2) is 5.69 Å². The van der Waals surface area contributed by atoms with Crippen molar-refractivity contribution in [2.24, 2.45) is 5.73 Å². The smallest absolute Gasteiger partial charge is 0.357 e. The fourth-order valence-corrected chi connectivity index (χ4v) is 1.81. The van der Waals surface area contributed by atoms with Crippen LogP contribution in [0.15, 0.2) is 5.38 Å². The molecule has 0 aromatic carbocycles. The Kier molecular flexibility index (Phi) is 4.03. The number of hydrogen-bond acceptors (Lipinski definition) is 5. The van der Waals surface area contributed by atoms with E-state index >= 15 is 0 Å². The molecule has 1 aromatic rings. The van der Waals surface area contributed by atoms with Crippen LogP contribution < -0.4 is 5.73 Å². The van der Waals surface area contributed by atoms with E-state index < -0.39 is 0 Å². The Labute approximate surface area is 87.1 Å². The van der Waals surface area contributed by atoms with E-state index in [2.05, 4.69) is 4.98 Å². The number of thiazole rings is 1. The number of nitrogens with zero attached hydrogens (tertiary/aromatic N) is 1. The Hall–Kier alpha value is -0.940. The van der Waals surface area contributed by atoms with E-state index in [0.29, 0.717) is 12.3 Å². The van der Waals surface area contributed by atoms with Gasteiger partial charge in [0.2, 0.25) is 0 Å². The summed E-state index contributed by atoms with van der Waals surface area (Å²) in [5.41, 5.74) is 6.13. The zero-order valence-electron chi connectivity index (χ0n) is 8.32. The molecule has 1 aromatic heterocycles. The van der Waals surface area contributed by atoms with Crippen LogP contribution in [0.5, 0.6) is 0 Å². The van der Waals surface area contributed by atoms with Crippen molar-refractivity contribution in [1.29, 1.82) is 0 Å². The summed E-state index contributed by atoms with van der Waals surface area (Å²) in [6.07, 6.45) is 0.815. The minimum Gasteiger partial charge on any atom is -0.461 e. The van der Waals surface area contributed by atoms with E-state index in [1.165, 1.54) is 11.3 Å². The van der Waals surface area contributed by atoms with Crippen molar-refractivity contribution in [1.82, 2.24) is 4.98 Å². The molecule has 0 aliphatic heterocycles. The summed E-state index contributed by atoms with van der Waals surface area (Å²) in [5, 5.41) is 2.47. The SMILES string of the molecule is CCOC(=O)c1csc([C@@H](N)CC)n1. The third-order valence-corrected chi connectivity index (χ3v) is 2.74. The van der Waals surface area contributed by atoms with Crippen molar-refractivity contribution in [3.63, 3.8) is 0 Å². The Morgan fingerprint density at radius 1 is 1.71 bits per heavy atom. The first-order valence-corrected chi connectivity index (χ1v) is 5.45. The molecule has 1 atom stereocenters. The van der Waals surface area contributed by atoms with Gasteiger partial charge in [-0.2, -0.15) is 0 Å². The number of aromatic nitrogens is 1. The van der Waals surface area contributed by atoms with Gasteiger partial charge in [0.25, 0.3) is 0 Å². The summed E-state index contributed by atoms with van der Waals surface area (Å²) in [6, 6.07) is -0.0804. The lowest BCUT2D eigenvalue weighted by Gasteiger charge is -2.02. The fourth-order valence-electron chi connectivity index (χ4n) is 0.931. The van der Waals surface area contributed by atoms with E-state index in [4.69, 9.17) is 10.5 Å². The summed E-state index contributed by atoms with van der Waals surface area (Å²) in [6.45, 7) is 4.12. The van der Waals surface area contributed by atoms with Crippen molar-refractivity contribution in [2.75, 3.05) is 6.61 Å². The lowest BCUT2D eigenvalue weighted by atomic mass is 10.2. The van der Waals surface area contributed by atoms with E-state index in [9.17, 15) is 4.79 Å². The Balaban J connectivity index is 2.72. The van der Waals surface area contributed by atoms with Crippen LogP contribution in [0.4, 0.5) is 0 Å². The van der Waals surface area contributed by atoms with Gasteiger partial charge in [-0.05, 0) is 13.3 Å². The monoisotopic (exact) mass is 214 g/mol. The minimum absolute atomic E-state index is 0.0804. The molecule has 0 bridgehead atoms. The first kappa shape index (κ1) is 11.1. The van der Waals surface area contributed by atoms with Gasteiger partial charge >= 0.3 is 5.97 Å². The molecule has 14 heavy (non-hydrogen) atoms. The van der Waals surface area contributed by atoms with E-state index in [1.807, 2.05) is 6.92 Å². The van der Waals surface area contributed by atoms with Crippen LogP contribution in [-0.4, -0.2) is 17.6 Å². The number of nitrogens with two attached hydrogens (primary N) is 1. The zero-order chi connectivity index (χ0) is 10.6. The summed E-state index contributed by atoms with van der Waals surface area (Å²) in [4.78, 5) is 15.4. The van der Waals surface area contributed by atoms with E-state index in [-0.39, 0.29) is 12.0 Å².